The average Bonchev–Trinajstić information content (AvgIpc) is 2.01. The number of aromatic carboxylic acids is 1. The number of rotatable bonds is 2. The van der Waals surface area contributed by atoms with Crippen molar-refractivity contribution in [1.82, 2.24) is 0 Å². The SMILES string of the molecule is Cc1cc(N(C)C)cc(F)c1C(=O)O. The second-order valence-corrected chi connectivity index (χ2v) is 3.32. The molecule has 0 fully saturated rings. The van der Waals surface area contributed by atoms with Crippen molar-refractivity contribution in [3.05, 3.63) is 29.1 Å². The van der Waals surface area contributed by atoms with Crippen LogP contribution < -0.4 is 4.90 Å². The number of anilines is 1. The normalized spacial score (nSPS) is 10.0. The number of nitrogens with zero attached hydrogens (tertiary/aromatic N) is 1. The Morgan fingerprint density at radius 2 is 2.00 bits per heavy atom. The summed E-state index contributed by atoms with van der Waals surface area (Å²) in [4.78, 5) is 12.4. The first kappa shape index (κ1) is 10.5. The number of carboxylic acid groups (broad SMARTS) is 1. The molecule has 76 valence electrons. The minimum Gasteiger partial charge on any atom is -0.478 e. The van der Waals surface area contributed by atoms with Crippen molar-refractivity contribution in [2.45, 2.75) is 6.92 Å². The van der Waals surface area contributed by atoms with E-state index in [9.17, 15) is 9.18 Å². The Morgan fingerprint density at radius 3 is 2.36 bits per heavy atom. The van der Waals surface area contributed by atoms with E-state index in [0.717, 1.165) is 0 Å². The molecular formula is C10H12FNO2. The number of halogens is 1. The predicted octanol–water partition coefficient (Wildman–Crippen LogP) is 1.90. The van der Waals surface area contributed by atoms with Gasteiger partial charge in [-0.05, 0) is 24.6 Å². The Bertz CT molecular complexity index is 351. The van der Waals surface area contributed by atoms with Gasteiger partial charge in [-0.25, -0.2) is 9.18 Å². The summed E-state index contributed by atoms with van der Waals surface area (Å²) in [5.41, 5.74) is 0.835. The van der Waals surface area contributed by atoms with Crippen molar-refractivity contribution in [2.24, 2.45) is 0 Å². The van der Waals surface area contributed by atoms with E-state index in [0.29, 0.717) is 11.3 Å². The molecule has 0 amide bonds. The maximum Gasteiger partial charge on any atom is 0.338 e. The second-order valence-electron chi connectivity index (χ2n) is 3.32. The Balaban J connectivity index is 3.32. The monoisotopic (exact) mass is 197 g/mol. The van der Waals surface area contributed by atoms with Crippen molar-refractivity contribution >= 4 is 11.7 Å². The molecule has 0 spiro atoms. The number of hydrogen-bond acceptors (Lipinski definition) is 2. The second kappa shape index (κ2) is 3.65. The highest BCUT2D eigenvalue weighted by atomic mass is 19.1. The van der Waals surface area contributed by atoms with Gasteiger partial charge < -0.3 is 10.0 Å². The van der Waals surface area contributed by atoms with Crippen molar-refractivity contribution in [2.75, 3.05) is 19.0 Å². The van der Waals surface area contributed by atoms with E-state index in [1.54, 1.807) is 32.0 Å². The molecule has 0 atom stereocenters. The average molecular weight is 197 g/mol. The maximum absolute atomic E-state index is 13.3. The van der Waals surface area contributed by atoms with Crippen LogP contribution in [0.4, 0.5) is 10.1 Å². The molecule has 1 rings (SSSR count). The lowest BCUT2D eigenvalue weighted by molar-refractivity contribution is 0.0691. The van der Waals surface area contributed by atoms with Crippen LogP contribution in [0.1, 0.15) is 15.9 Å². The molecule has 4 heteroatoms. The van der Waals surface area contributed by atoms with Crippen LogP contribution in [0.3, 0.4) is 0 Å². The van der Waals surface area contributed by atoms with Gasteiger partial charge in [0.15, 0.2) is 0 Å². The molecule has 0 heterocycles. The molecule has 0 aliphatic rings. The van der Waals surface area contributed by atoms with Crippen molar-refractivity contribution < 1.29 is 14.3 Å². The summed E-state index contributed by atoms with van der Waals surface area (Å²) in [5, 5.41) is 8.72. The summed E-state index contributed by atoms with van der Waals surface area (Å²) in [6, 6.07) is 2.86. The highest BCUT2D eigenvalue weighted by Gasteiger charge is 2.15. The van der Waals surface area contributed by atoms with E-state index >= 15 is 0 Å². The lowest BCUT2D eigenvalue weighted by Gasteiger charge is -2.14. The largest absolute Gasteiger partial charge is 0.478 e. The van der Waals surface area contributed by atoms with Crippen LogP contribution in [0.25, 0.3) is 0 Å². The summed E-state index contributed by atoms with van der Waals surface area (Å²) in [6.45, 7) is 1.58. The van der Waals surface area contributed by atoms with Gasteiger partial charge >= 0.3 is 5.97 Å². The molecule has 0 saturated heterocycles. The molecule has 1 N–H and O–H groups in total. The molecule has 0 saturated carbocycles. The predicted molar refractivity (Wildman–Crippen MR) is 52.4 cm³/mol. The van der Waals surface area contributed by atoms with Gasteiger partial charge in [0, 0.05) is 19.8 Å². The molecule has 0 bridgehead atoms. The molecule has 14 heavy (non-hydrogen) atoms. The van der Waals surface area contributed by atoms with Crippen molar-refractivity contribution in [3.8, 4) is 0 Å². The zero-order valence-corrected chi connectivity index (χ0v) is 8.34. The van der Waals surface area contributed by atoms with Crippen LogP contribution in [0.15, 0.2) is 12.1 Å². The van der Waals surface area contributed by atoms with E-state index in [-0.39, 0.29) is 5.56 Å². The molecule has 0 aliphatic carbocycles. The van der Waals surface area contributed by atoms with Gasteiger partial charge in [-0.15, -0.1) is 0 Å². The standard InChI is InChI=1S/C10H12FNO2/c1-6-4-7(12(2)3)5-8(11)9(6)10(13)14/h4-5H,1-3H3,(H,13,14). The fraction of sp³-hybridized carbons (Fsp3) is 0.300. The molecular weight excluding hydrogens is 185 g/mol. The summed E-state index contributed by atoms with van der Waals surface area (Å²) in [7, 11) is 3.54. The molecule has 0 aliphatic heterocycles. The minimum atomic E-state index is -1.23. The number of carboxylic acids is 1. The van der Waals surface area contributed by atoms with E-state index in [2.05, 4.69) is 0 Å². The highest BCUT2D eigenvalue weighted by molar-refractivity contribution is 5.90. The zero-order chi connectivity index (χ0) is 10.9. The van der Waals surface area contributed by atoms with Gasteiger partial charge in [0.2, 0.25) is 0 Å². The summed E-state index contributed by atoms with van der Waals surface area (Å²) in [5.74, 6) is -1.92. The Labute approximate surface area is 81.8 Å². The van der Waals surface area contributed by atoms with E-state index in [4.69, 9.17) is 5.11 Å². The Morgan fingerprint density at radius 1 is 1.43 bits per heavy atom. The number of hydrogen-bond donors (Lipinski definition) is 1. The quantitative estimate of drug-likeness (QED) is 0.787. The Hall–Kier alpha value is -1.58. The fourth-order valence-corrected chi connectivity index (χ4v) is 1.26. The van der Waals surface area contributed by atoms with Gasteiger partial charge in [0.1, 0.15) is 5.82 Å². The van der Waals surface area contributed by atoms with Crippen molar-refractivity contribution in [3.63, 3.8) is 0 Å². The summed E-state index contributed by atoms with van der Waals surface area (Å²) < 4.78 is 13.3. The van der Waals surface area contributed by atoms with Crippen molar-refractivity contribution in [1.29, 1.82) is 0 Å². The van der Waals surface area contributed by atoms with Crippen LogP contribution in [-0.4, -0.2) is 25.2 Å². The topological polar surface area (TPSA) is 40.5 Å². The smallest absolute Gasteiger partial charge is 0.338 e. The van der Waals surface area contributed by atoms with Gasteiger partial charge in [0.25, 0.3) is 0 Å². The zero-order valence-electron chi connectivity index (χ0n) is 8.34. The fourth-order valence-electron chi connectivity index (χ4n) is 1.26. The highest BCUT2D eigenvalue weighted by Crippen LogP contribution is 2.21. The van der Waals surface area contributed by atoms with Gasteiger partial charge in [-0.2, -0.15) is 0 Å². The van der Waals surface area contributed by atoms with Gasteiger partial charge in [-0.3, -0.25) is 0 Å². The van der Waals surface area contributed by atoms with E-state index < -0.39 is 11.8 Å². The molecule has 0 aromatic heterocycles. The number of aryl methyl sites for hydroxylation is 1. The van der Waals surface area contributed by atoms with Crippen LogP contribution in [0.5, 0.6) is 0 Å². The van der Waals surface area contributed by atoms with Crippen LogP contribution >= 0.6 is 0 Å². The third kappa shape index (κ3) is 1.84. The first-order chi connectivity index (χ1) is 6.43. The van der Waals surface area contributed by atoms with Crippen LogP contribution in [0, 0.1) is 12.7 Å². The molecule has 3 nitrogen and oxygen atoms in total. The summed E-state index contributed by atoms with van der Waals surface area (Å²) >= 11 is 0. The van der Waals surface area contributed by atoms with Gasteiger partial charge in [0.05, 0.1) is 5.56 Å². The van der Waals surface area contributed by atoms with E-state index in [1.807, 2.05) is 0 Å². The summed E-state index contributed by atoms with van der Waals surface area (Å²) in [6.07, 6.45) is 0. The lowest BCUT2D eigenvalue weighted by atomic mass is 10.1. The molecule has 1 aromatic carbocycles. The third-order valence-electron chi connectivity index (χ3n) is 2.00. The number of benzene rings is 1. The van der Waals surface area contributed by atoms with Gasteiger partial charge in [-0.1, -0.05) is 0 Å². The minimum absolute atomic E-state index is 0.254. The number of carbonyl (C=O) groups is 1. The molecule has 1 aromatic rings. The lowest BCUT2D eigenvalue weighted by Crippen LogP contribution is -2.11. The first-order valence-corrected chi connectivity index (χ1v) is 4.14. The van der Waals surface area contributed by atoms with Crippen LogP contribution in [-0.2, 0) is 0 Å². The molecule has 0 unspecified atom stereocenters. The first-order valence-electron chi connectivity index (χ1n) is 4.14. The van der Waals surface area contributed by atoms with E-state index in [1.165, 1.54) is 6.07 Å². The Kier molecular flexibility index (Phi) is 2.74. The molecule has 0 radical (unpaired) electrons. The third-order valence-corrected chi connectivity index (χ3v) is 2.00. The maximum atomic E-state index is 13.3. The van der Waals surface area contributed by atoms with Crippen LogP contribution in [0.2, 0.25) is 0 Å².